The Bertz CT molecular complexity index is 619. The van der Waals surface area contributed by atoms with Gasteiger partial charge < -0.3 is 5.73 Å². The lowest BCUT2D eigenvalue weighted by molar-refractivity contribution is 0.271. The van der Waals surface area contributed by atoms with Crippen molar-refractivity contribution in [3.05, 3.63) is 64.7 Å². The predicted molar refractivity (Wildman–Crippen MR) is 89.1 cm³/mol. The second-order valence-electron chi connectivity index (χ2n) is 6.00. The highest BCUT2D eigenvalue weighted by molar-refractivity contribution is 5.40. The van der Waals surface area contributed by atoms with E-state index < -0.39 is 0 Å². The van der Waals surface area contributed by atoms with Gasteiger partial charge in [0.25, 0.3) is 0 Å². The van der Waals surface area contributed by atoms with Crippen LogP contribution in [0, 0.1) is 0 Å². The molecule has 1 aliphatic carbocycles. The fraction of sp³-hybridized carbons (Fsp3) is 0.368. The van der Waals surface area contributed by atoms with Crippen molar-refractivity contribution >= 4 is 5.69 Å². The van der Waals surface area contributed by atoms with Crippen molar-refractivity contribution in [3.63, 3.8) is 0 Å². The summed E-state index contributed by atoms with van der Waals surface area (Å²) in [5.74, 6) is 0. The summed E-state index contributed by atoms with van der Waals surface area (Å²) in [4.78, 5) is 2.46. The van der Waals surface area contributed by atoms with E-state index in [0.717, 1.165) is 25.3 Å². The van der Waals surface area contributed by atoms with Crippen LogP contribution in [0.2, 0.25) is 0 Å². The minimum absolute atomic E-state index is 0.848. The van der Waals surface area contributed by atoms with Gasteiger partial charge in [-0.1, -0.05) is 37.3 Å². The monoisotopic (exact) mass is 280 g/mol. The summed E-state index contributed by atoms with van der Waals surface area (Å²) in [5, 5.41) is 0. The van der Waals surface area contributed by atoms with Crippen molar-refractivity contribution < 1.29 is 0 Å². The maximum absolute atomic E-state index is 5.87. The van der Waals surface area contributed by atoms with E-state index in [4.69, 9.17) is 5.73 Å². The van der Waals surface area contributed by atoms with Gasteiger partial charge in [-0.25, -0.2) is 0 Å². The highest BCUT2D eigenvalue weighted by Crippen LogP contribution is 2.23. The van der Waals surface area contributed by atoms with E-state index in [2.05, 4.69) is 42.2 Å². The minimum atomic E-state index is 0.848. The number of aryl methyl sites for hydroxylation is 2. The molecule has 0 unspecified atom stereocenters. The third-order valence-corrected chi connectivity index (χ3v) is 4.37. The molecule has 0 saturated heterocycles. The maximum Gasteiger partial charge on any atom is 0.0317 e. The van der Waals surface area contributed by atoms with Crippen molar-refractivity contribution in [2.75, 3.05) is 12.3 Å². The van der Waals surface area contributed by atoms with Crippen molar-refractivity contribution in [3.8, 4) is 0 Å². The molecule has 0 spiro atoms. The molecule has 0 fully saturated rings. The molecule has 0 atom stereocenters. The van der Waals surface area contributed by atoms with Crippen LogP contribution in [-0.2, 0) is 25.9 Å². The Balaban J connectivity index is 1.69. The molecule has 0 aliphatic heterocycles. The molecule has 1 aliphatic rings. The van der Waals surface area contributed by atoms with Crippen LogP contribution in [0.5, 0.6) is 0 Å². The standard InChI is InChI=1S/C19H24N2/c1-2-21(13-15-5-3-8-19(20)12-15)14-16-9-10-17-6-4-7-18(17)11-16/h3,5,8-12H,2,4,6-7,13-14,20H2,1H3. The molecule has 0 radical (unpaired) electrons. The Kier molecular flexibility index (Phi) is 4.26. The summed E-state index contributed by atoms with van der Waals surface area (Å²) in [7, 11) is 0. The van der Waals surface area contributed by atoms with Crippen LogP contribution in [0.4, 0.5) is 5.69 Å². The van der Waals surface area contributed by atoms with E-state index in [0.29, 0.717) is 0 Å². The first kappa shape index (κ1) is 14.2. The van der Waals surface area contributed by atoms with Gasteiger partial charge in [0.1, 0.15) is 0 Å². The normalized spacial score (nSPS) is 13.6. The van der Waals surface area contributed by atoms with Crippen LogP contribution < -0.4 is 5.73 Å². The van der Waals surface area contributed by atoms with E-state index in [1.165, 1.54) is 30.4 Å². The smallest absolute Gasteiger partial charge is 0.0317 e. The summed E-state index contributed by atoms with van der Waals surface area (Å²) >= 11 is 0. The van der Waals surface area contributed by atoms with Crippen molar-refractivity contribution in [1.82, 2.24) is 4.90 Å². The fourth-order valence-electron chi connectivity index (χ4n) is 3.21. The number of rotatable bonds is 5. The average Bonchev–Trinajstić information content (AvgIpc) is 2.94. The topological polar surface area (TPSA) is 29.3 Å². The van der Waals surface area contributed by atoms with E-state index >= 15 is 0 Å². The van der Waals surface area contributed by atoms with Crippen molar-refractivity contribution in [1.29, 1.82) is 0 Å². The second-order valence-corrected chi connectivity index (χ2v) is 6.00. The molecule has 21 heavy (non-hydrogen) atoms. The number of nitrogen functional groups attached to an aromatic ring is 1. The number of hydrogen-bond donors (Lipinski definition) is 1. The number of benzene rings is 2. The highest BCUT2D eigenvalue weighted by atomic mass is 15.1. The molecule has 0 amide bonds. The molecule has 2 heteroatoms. The molecule has 2 aromatic carbocycles. The Labute approximate surface area is 127 Å². The summed E-state index contributed by atoms with van der Waals surface area (Å²) in [6.45, 7) is 5.24. The molecule has 2 aromatic rings. The largest absolute Gasteiger partial charge is 0.399 e. The van der Waals surface area contributed by atoms with Gasteiger partial charge in [0.2, 0.25) is 0 Å². The second kappa shape index (κ2) is 6.31. The van der Waals surface area contributed by atoms with Crippen LogP contribution in [0.25, 0.3) is 0 Å². The van der Waals surface area contributed by atoms with Gasteiger partial charge in [0, 0.05) is 18.8 Å². The Hall–Kier alpha value is -1.80. The average molecular weight is 280 g/mol. The van der Waals surface area contributed by atoms with Gasteiger partial charge in [-0.3, -0.25) is 4.90 Å². The molecule has 110 valence electrons. The van der Waals surface area contributed by atoms with Gasteiger partial charge in [0.05, 0.1) is 0 Å². The number of nitrogens with zero attached hydrogens (tertiary/aromatic N) is 1. The lowest BCUT2D eigenvalue weighted by atomic mass is 10.1. The first-order chi connectivity index (χ1) is 10.2. The molecule has 0 saturated carbocycles. The van der Waals surface area contributed by atoms with E-state index in [9.17, 15) is 0 Å². The van der Waals surface area contributed by atoms with Gasteiger partial charge in [-0.2, -0.15) is 0 Å². The summed E-state index contributed by atoms with van der Waals surface area (Å²) in [6, 6.07) is 15.2. The van der Waals surface area contributed by atoms with Crippen molar-refractivity contribution in [2.24, 2.45) is 0 Å². The summed E-state index contributed by atoms with van der Waals surface area (Å²) < 4.78 is 0. The summed E-state index contributed by atoms with van der Waals surface area (Å²) in [5.41, 5.74) is 12.6. The molecule has 0 heterocycles. The number of fused-ring (bicyclic) bond motifs is 1. The Morgan fingerprint density at radius 1 is 0.952 bits per heavy atom. The zero-order chi connectivity index (χ0) is 14.7. The van der Waals surface area contributed by atoms with Crippen LogP contribution in [-0.4, -0.2) is 11.4 Å². The lowest BCUT2D eigenvalue weighted by Gasteiger charge is -2.21. The Morgan fingerprint density at radius 2 is 1.71 bits per heavy atom. The van der Waals surface area contributed by atoms with Crippen LogP contribution in [0.15, 0.2) is 42.5 Å². The Morgan fingerprint density at radius 3 is 2.48 bits per heavy atom. The van der Waals surface area contributed by atoms with Crippen LogP contribution in [0.1, 0.15) is 35.6 Å². The van der Waals surface area contributed by atoms with E-state index in [1.807, 2.05) is 12.1 Å². The molecule has 2 nitrogen and oxygen atoms in total. The first-order valence-corrected chi connectivity index (χ1v) is 7.92. The molecule has 0 bridgehead atoms. The summed E-state index contributed by atoms with van der Waals surface area (Å²) in [6.07, 6.45) is 3.83. The van der Waals surface area contributed by atoms with Gasteiger partial charge in [-0.05, 0) is 60.2 Å². The van der Waals surface area contributed by atoms with Gasteiger partial charge >= 0.3 is 0 Å². The lowest BCUT2D eigenvalue weighted by Crippen LogP contribution is -2.22. The molecular formula is C19H24N2. The van der Waals surface area contributed by atoms with Crippen LogP contribution in [0.3, 0.4) is 0 Å². The van der Waals surface area contributed by atoms with Gasteiger partial charge in [0.15, 0.2) is 0 Å². The fourth-order valence-corrected chi connectivity index (χ4v) is 3.21. The zero-order valence-corrected chi connectivity index (χ0v) is 12.8. The first-order valence-electron chi connectivity index (χ1n) is 7.92. The predicted octanol–water partition coefficient (Wildman–Crippen LogP) is 3.78. The van der Waals surface area contributed by atoms with Crippen molar-refractivity contribution in [2.45, 2.75) is 39.3 Å². The molecule has 0 aromatic heterocycles. The minimum Gasteiger partial charge on any atom is -0.399 e. The SMILES string of the molecule is CCN(Cc1cccc(N)c1)Cc1ccc2c(c1)CCC2. The number of anilines is 1. The number of hydrogen-bond acceptors (Lipinski definition) is 2. The van der Waals surface area contributed by atoms with E-state index in [1.54, 1.807) is 11.1 Å². The molecular weight excluding hydrogens is 256 g/mol. The quantitative estimate of drug-likeness (QED) is 0.845. The maximum atomic E-state index is 5.87. The van der Waals surface area contributed by atoms with Crippen LogP contribution >= 0.6 is 0 Å². The third kappa shape index (κ3) is 3.45. The third-order valence-electron chi connectivity index (χ3n) is 4.37. The van der Waals surface area contributed by atoms with Gasteiger partial charge in [-0.15, -0.1) is 0 Å². The molecule has 3 rings (SSSR count). The highest BCUT2D eigenvalue weighted by Gasteiger charge is 2.12. The van der Waals surface area contributed by atoms with E-state index in [-0.39, 0.29) is 0 Å². The zero-order valence-electron chi connectivity index (χ0n) is 12.8. The number of nitrogens with two attached hydrogens (primary N) is 1. The molecule has 2 N–H and O–H groups in total.